The van der Waals surface area contributed by atoms with E-state index in [4.69, 9.17) is 6.42 Å². The summed E-state index contributed by atoms with van der Waals surface area (Å²) in [5.41, 5.74) is 0.505. The third-order valence-corrected chi connectivity index (χ3v) is 3.09. The van der Waals surface area contributed by atoms with E-state index < -0.39 is 0 Å². The van der Waals surface area contributed by atoms with Crippen molar-refractivity contribution in [2.24, 2.45) is 11.3 Å². The zero-order valence-corrected chi connectivity index (χ0v) is 9.77. The molecule has 0 spiro atoms. The molecule has 0 radical (unpaired) electrons. The first-order valence-corrected chi connectivity index (χ1v) is 5.70. The average molecular weight is 193 g/mol. The summed E-state index contributed by atoms with van der Waals surface area (Å²) >= 11 is 0. The van der Waals surface area contributed by atoms with Crippen LogP contribution in [0.5, 0.6) is 0 Å². The Bertz CT molecular complexity index is 212. The molecule has 0 saturated heterocycles. The molecule has 1 rings (SSSR count). The number of hydrogen-bond donors (Lipinski definition) is 1. The van der Waals surface area contributed by atoms with Crippen LogP contribution in [0, 0.1) is 23.7 Å². The maximum Gasteiger partial charge on any atom is 0.0211 e. The fourth-order valence-corrected chi connectivity index (χ4v) is 2.85. The molecule has 1 fully saturated rings. The summed E-state index contributed by atoms with van der Waals surface area (Å²) in [7, 11) is 0. The molecular formula is C13H23N. The molecule has 0 amide bonds. The maximum atomic E-state index is 5.23. The van der Waals surface area contributed by atoms with Gasteiger partial charge in [-0.1, -0.05) is 20.8 Å². The van der Waals surface area contributed by atoms with Gasteiger partial charge in [-0.3, -0.25) is 0 Å². The van der Waals surface area contributed by atoms with Gasteiger partial charge < -0.3 is 5.32 Å². The predicted octanol–water partition coefficient (Wildman–Crippen LogP) is 2.81. The Morgan fingerprint density at radius 1 is 1.43 bits per heavy atom. The highest BCUT2D eigenvalue weighted by Gasteiger charge is 2.31. The highest BCUT2D eigenvalue weighted by Crippen LogP contribution is 2.38. The van der Waals surface area contributed by atoms with E-state index in [1.165, 1.54) is 19.3 Å². The Kier molecular flexibility index (Phi) is 4.01. The van der Waals surface area contributed by atoms with Crippen molar-refractivity contribution in [2.45, 2.75) is 52.5 Å². The van der Waals surface area contributed by atoms with Crippen molar-refractivity contribution >= 4 is 0 Å². The quantitative estimate of drug-likeness (QED) is 0.537. The lowest BCUT2D eigenvalue weighted by atomic mass is 9.70. The molecule has 0 bridgehead atoms. The van der Waals surface area contributed by atoms with Crippen molar-refractivity contribution < 1.29 is 0 Å². The maximum absolute atomic E-state index is 5.23. The van der Waals surface area contributed by atoms with E-state index in [9.17, 15) is 0 Å². The zero-order chi connectivity index (χ0) is 10.6. The molecule has 0 aromatic heterocycles. The monoisotopic (exact) mass is 193 g/mol. The molecule has 0 aromatic rings. The number of terminal acetylenes is 1. The SMILES string of the molecule is C#CCCNC1CC(C)CC(C)(C)C1. The third-order valence-electron chi connectivity index (χ3n) is 3.09. The number of nitrogens with one attached hydrogen (secondary N) is 1. The minimum absolute atomic E-state index is 0.505. The van der Waals surface area contributed by atoms with E-state index in [1.54, 1.807) is 0 Å². The lowest BCUT2D eigenvalue weighted by Crippen LogP contribution is -2.40. The first-order valence-electron chi connectivity index (χ1n) is 5.70. The van der Waals surface area contributed by atoms with E-state index in [0.717, 1.165) is 18.9 Å². The van der Waals surface area contributed by atoms with Crippen LogP contribution in [-0.2, 0) is 0 Å². The van der Waals surface area contributed by atoms with Crippen LogP contribution in [0.3, 0.4) is 0 Å². The lowest BCUT2D eigenvalue weighted by molar-refractivity contribution is 0.152. The van der Waals surface area contributed by atoms with Gasteiger partial charge in [0.05, 0.1) is 0 Å². The van der Waals surface area contributed by atoms with Gasteiger partial charge in [0.25, 0.3) is 0 Å². The van der Waals surface area contributed by atoms with Crippen LogP contribution in [0.25, 0.3) is 0 Å². The van der Waals surface area contributed by atoms with Crippen molar-refractivity contribution in [3.05, 3.63) is 0 Å². The Morgan fingerprint density at radius 3 is 2.71 bits per heavy atom. The van der Waals surface area contributed by atoms with Gasteiger partial charge in [0.15, 0.2) is 0 Å². The van der Waals surface area contributed by atoms with Crippen LogP contribution >= 0.6 is 0 Å². The van der Waals surface area contributed by atoms with E-state index in [-0.39, 0.29) is 0 Å². The first-order chi connectivity index (χ1) is 6.53. The molecule has 1 saturated carbocycles. The Hall–Kier alpha value is -0.480. The largest absolute Gasteiger partial charge is 0.313 e. The van der Waals surface area contributed by atoms with E-state index >= 15 is 0 Å². The van der Waals surface area contributed by atoms with Gasteiger partial charge in [-0.05, 0) is 30.6 Å². The van der Waals surface area contributed by atoms with Crippen LogP contribution in [0.2, 0.25) is 0 Å². The molecule has 0 aliphatic heterocycles. The summed E-state index contributed by atoms with van der Waals surface area (Å²) in [6, 6.07) is 0.682. The molecule has 1 aliphatic rings. The van der Waals surface area contributed by atoms with Crippen LogP contribution in [-0.4, -0.2) is 12.6 Å². The molecule has 80 valence electrons. The second kappa shape index (κ2) is 4.84. The molecule has 1 N–H and O–H groups in total. The van der Waals surface area contributed by atoms with Crippen LogP contribution in [0.4, 0.5) is 0 Å². The van der Waals surface area contributed by atoms with Crippen molar-refractivity contribution in [1.29, 1.82) is 0 Å². The highest BCUT2D eigenvalue weighted by atomic mass is 14.9. The fourth-order valence-electron chi connectivity index (χ4n) is 2.85. The summed E-state index contributed by atoms with van der Waals surface area (Å²) in [4.78, 5) is 0. The molecule has 0 aromatic carbocycles. The summed E-state index contributed by atoms with van der Waals surface area (Å²) in [5, 5.41) is 3.57. The second-order valence-corrected chi connectivity index (χ2v) is 5.52. The smallest absolute Gasteiger partial charge is 0.0211 e. The molecule has 14 heavy (non-hydrogen) atoms. The van der Waals surface area contributed by atoms with Crippen LogP contribution in [0.15, 0.2) is 0 Å². The Morgan fingerprint density at radius 2 is 2.14 bits per heavy atom. The predicted molar refractivity (Wildman–Crippen MR) is 62.0 cm³/mol. The van der Waals surface area contributed by atoms with E-state index in [2.05, 4.69) is 32.0 Å². The Labute approximate surface area is 88.7 Å². The van der Waals surface area contributed by atoms with E-state index in [0.29, 0.717) is 11.5 Å². The van der Waals surface area contributed by atoms with Gasteiger partial charge in [-0.2, -0.15) is 0 Å². The van der Waals surface area contributed by atoms with Crippen molar-refractivity contribution in [1.82, 2.24) is 5.32 Å². The number of rotatable bonds is 3. The van der Waals surface area contributed by atoms with Crippen LogP contribution in [0.1, 0.15) is 46.5 Å². The molecule has 0 heterocycles. The minimum atomic E-state index is 0.505. The molecule has 2 atom stereocenters. The normalized spacial score (nSPS) is 31.0. The molecule has 1 heteroatoms. The first kappa shape index (κ1) is 11.6. The van der Waals surface area contributed by atoms with Gasteiger partial charge in [0.1, 0.15) is 0 Å². The van der Waals surface area contributed by atoms with Crippen LogP contribution < -0.4 is 5.32 Å². The van der Waals surface area contributed by atoms with Crippen molar-refractivity contribution in [2.75, 3.05) is 6.54 Å². The average Bonchev–Trinajstić information content (AvgIpc) is 2.00. The van der Waals surface area contributed by atoms with Gasteiger partial charge >= 0.3 is 0 Å². The molecule has 1 aliphatic carbocycles. The van der Waals surface area contributed by atoms with Gasteiger partial charge in [0, 0.05) is 19.0 Å². The highest BCUT2D eigenvalue weighted by molar-refractivity contribution is 4.89. The minimum Gasteiger partial charge on any atom is -0.313 e. The fraction of sp³-hybridized carbons (Fsp3) is 0.846. The summed E-state index contributed by atoms with van der Waals surface area (Å²) in [6.45, 7) is 8.08. The summed E-state index contributed by atoms with van der Waals surface area (Å²) in [6.07, 6.45) is 10.1. The zero-order valence-electron chi connectivity index (χ0n) is 9.77. The van der Waals surface area contributed by atoms with E-state index in [1.807, 2.05) is 0 Å². The van der Waals surface area contributed by atoms with Gasteiger partial charge in [-0.25, -0.2) is 0 Å². The molecule has 2 unspecified atom stereocenters. The Balaban J connectivity index is 2.35. The van der Waals surface area contributed by atoms with Crippen molar-refractivity contribution in [3.63, 3.8) is 0 Å². The lowest BCUT2D eigenvalue weighted by Gasteiger charge is -2.39. The second-order valence-electron chi connectivity index (χ2n) is 5.52. The van der Waals surface area contributed by atoms with Crippen molar-refractivity contribution in [3.8, 4) is 12.3 Å². The standard InChI is InChI=1S/C13H23N/c1-5-6-7-14-12-8-11(2)9-13(3,4)10-12/h1,11-12,14H,6-10H2,2-4H3. The van der Waals surface area contributed by atoms with Gasteiger partial charge in [-0.15, -0.1) is 12.3 Å². The topological polar surface area (TPSA) is 12.0 Å². The summed E-state index contributed by atoms with van der Waals surface area (Å²) < 4.78 is 0. The number of hydrogen-bond acceptors (Lipinski definition) is 1. The molecular weight excluding hydrogens is 170 g/mol. The third kappa shape index (κ3) is 3.72. The summed E-state index contributed by atoms with van der Waals surface area (Å²) in [5.74, 6) is 3.53. The van der Waals surface area contributed by atoms with Gasteiger partial charge in [0.2, 0.25) is 0 Å². The molecule has 1 nitrogen and oxygen atoms in total.